The first-order chi connectivity index (χ1) is 8.74. The van der Waals surface area contributed by atoms with Gasteiger partial charge >= 0.3 is 0 Å². The van der Waals surface area contributed by atoms with Crippen molar-refractivity contribution in [1.82, 2.24) is 15.3 Å². The van der Waals surface area contributed by atoms with E-state index in [1.165, 1.54) is 12.7 Å². The van der Waals surface area contributed by atoms with E-state index in [9.17, 15) is 4.79 Å². The summed E-state index contributed by atoms with van der Waals surface area (Å²) in [5.74, 6) is 0.759. The average molecular weight is 315 g/mol. The molecule has 6 heteroatoms. The second-order valence-corrected chi connectivity index (χ2v) is 5.36. The molecule has 18 heavy (non-hydrogen) atoms. The minimum Gasteiger partial charge on any atom is -0.351 e. The molecule has 1 unspecified atom stereocenters. The summed E-state index contributed by atoms with van der Waals surface area (Å²) in [5, 5.41) is 3.41. The van der Waals surface area contributed by atoms with E-state index >= 15 is 0 Å². The summed E-state index contributed by atoms with van der Waals surface area (Å²) in [6.45, 7) is 5.10. The number of halogens is 1. The first kappa shape index (κ1) is 13.5. The molecule has 1 aromatic heterocycles. The smallest absolute Gasteiger partial charge is 0.267 e. The first-order valence-corrected chi connectivity index (χ1v) is 7.24. The monoisotopic (exact) mass is 314 g/mol. The van der Waals surface area contributed by atoms with Crippen LogP contribution in [0.4, 0.5) is 5.82 Å². The lowest BCUT2D eigenvalue weighted by Gasteiger charge is -2.35. The van der Waals surface area contributed by atoms with Crippen LogP contribution in [0.25, 0.3) is 0 Å². The Labute approximate surface area is 115 Å². The largest absolute Gasteiger partial charge is 0.351 e. The highest BCUT2D eigenvalue weighted by atomic mass is 79.9. The lowest BCUT2D eigenvalue weighted by atomic mass is 10.1. The second kappa shape index (κ2) is 6.33. The minimum atomic E-state index is -0.120. The van der Waals surface area contributed by atoms with Crippen molar-refractivity contribution in [1.29, 1.82) is 0 Å². The van der Waals surface area contributed by atoms with E-state index in [1.807, 2.05) is 0 Å². The van der Waals surface area contributed by atoms with Gasteiger partial charge in [-0.15, -0.1) is 0 Å². The van der Waals surface area contributed by atoms with E-state index in [2.05, 4.69) is 43.0 Å². The molecule has 0 bridgehead atoms. The number of H-pyrrole nitrogens is 1. The van der Waals surface area contributed by atoms with Gasteiger partial charge in [-0.1, -0.05) is 6.92 Å². The van der Waals surface area contributed by atoms with Crippen LogP contribution in [-0.2, 0) is 0 Å². The average Bonchev–Trinajstić information content (AvgIpc) is 2.41. The quantitative estimate of drug-likeness (QED) is 0.884. The summed E-state index contributed by atoms with van der Waals surface area (Å²) < 4.78 is 0.532. The third kappa shape index (κ3) is 2.92. The number of hydrogen-bond donors (Lipinski definition) is 2. The number of hydrogen-bond acceptors (Lipinski definition) is 4. The van der Waals surface area contributed by atoms with Crippen molar-refractivity contribution in [3.63, 3.8) is 0 Å². The Morgan fingerprint density at radius 1 is 1.61 bits per heavy atom. The molecule has 0 amide bonds. The maximum absolute atomic E-state index is 11.6. The maximum atomic E-state index is 11.6. The topological polar surface area (TPSA) is 61.0 Å². The van der Waals surface area contributed by atoms with Gasteiger partial charge in [0.25, 0.3) is 5.56 Å². The molecular weight excluding hydrogens is 296 g/mol. The van der Waals surface area contributed by atoms with Crippen LogP contribution in [0.5, 0.6) is 0 Å². The van der Waals surface area contributed by atoms with Crippen LogP contribution in [-0.4, -0.2) is 35.6 Å². The van der Waals surface area contributed by atoms with Crippen molar-refractivity contribution in [2.75, 3.05) is 24.5 Å². The van der Waals surface area contributed by atoms with Crippen LogP contribution < -0.4 is 15.8 Å². The highest BCUT2D eigenvalue weighted by Crippen LogP contribution is 2.24. The van der Waals surface area contributed by atoms with Crippen molar-refractivity contribution in [2.24, 2.45) is 0 Å². The molecule has 0 radical (unpaired) electrons. The van der Waals surface area contributed by atoms with Gasteiger partial charge in [0.05, 0.1) is 6.33 Å². The molecule has 1 aliphatic heterocycles. The standard InChI is InChI=1S/C12H19BrN4O/c1-2-6-17(9-4-3-5-14-7-9)11-10(13)12(18)16-8-15-11/h8-9,14H,2-7H2,1H3,(H,15,16,18). The van der Waals surface area contributed by atoms with Crippen molar-refractivity contribution < 1.29 is 0 Å². The fourth-order valence-corrected chi connectivity index (χ4v) is 2.82. The second-order valence-electron chi connectivity index (χ2n) is 4.56. The number of nitrogens with zero attached hydrogens (tertiary/aromatic N) is 2. The van der Waals surface area contributed by atoms with E-state index in [0.717, 1.165) is 38.3 Å². The third-order valence-electron chi connectivity index (χ3n) is 3.23. The normalized spacial score (nSPS) is 19.8. The zero-order valence-corrected chi connectivity index (χ0v) is 12.2. The fraction of sp³-hybridized carbons (Fsp3) is 0.667. The van der Waals surface area contributed by atoms with Gasteiger partial charge < -0.3 is 15.2 Å². The molecular formula is C12H19BrN4O. The van der Waals surface area contributed by atoms with Gasteiger partial charge in [0.2, 0.25) is 0 Å². The minimum absolute atomic E-state index is 0.120. The zero-order valence-electron chi connectivity index (χ0n) is 10.6. The van der Waals surface area contributed by atoms with Crippen molar-refractivity contribution in [2.45, 2.75) is 32.2 Å². The molecule has 100 valence electrons. The van der Waals surface area contributed by atoms with Crippen LogP contribution in [0.15, 0.2) is 15.6 Å². The van der Waals surface area contributed by atoms with Gasteiger partial charge in [0.1, 0.15) is 4.47 Å². The number of nitrogens with one attached hydrogen (secondary N) is 2. The van der Waals surface area contributed by atoms with Gasteiger partial charge in [0, 0.05) is 19.1 Å². The summed E-state index contributed by atoms with van der Waals surface area (Å²) in [6, 6.07) is 0.421. The molecule has 0 aromatic carbocycles. The highest BCUT2D eigenvalue weighted by molar-refractivity contribution is 9.10. The van der Waals surface area contributed by atoms with Crippen LogP contribution in [0, 0.1) is 0 Å². The van der Waals surface area contributed by atoms with E-state index in [1.54, 1.807) is 0 Å². The third-order valence-corrected chi connectivity index (χ3v) is 3.94. The van der Waals surface area contributed by atoms with Crippen LogP contribution in [0.3, 0.4) is 0 Å². The van der Waals surface area contributed by atoms with Gasteiger partial charge in [-0.2, -0.15) is 0 Å². The van der Waals surface area contributed by atoms with E-state index in [-0.39, 0.29) is 5.56 Å². The Hall–Kier alpha value is -0.880. The molecule has 2 heterocycles. The number of aromatic nitrogens is 2. The summed E-state index contributed by atoms with van der Waals surface area (Å²) in [6.07, 6.45) is 4.83. The molecule has 1 aromatic rings. The predicted octanol–water partition coefficient (Wildman–Crippen LogP) is 1.50. The number of piperidine rings is 1. The Bertz CT molecular complexity index is 442. The summed E-state index contributed by atoms with van der Waals surface area (Å²) in [5.41, 5.74) is -0.120. The molecule has 2 N–H and O–H groups in total. The summed E-state index contributed by atoms with van der Waals surface area (Å²) >= 11 is 3.35. The number of aromatic amines is 1. The Morgan fingerprint density at radius 3 is 3.11 bits per heavy atom. The fourth-order valence-electron chi connectivity index (χ4n) is 2.38. The predicted molar refractivity (Wildman–Crippen MR) is 76.1 cm³/mol. The van der Waals surface area contributed by atoms with Crippen molar-refractivity contribution in [3.8, 4) is 0 Å². The highest BCUT2D eigenvalue weighted by Gasteiger charge is 2.23. The molecule has 0 aliphatic carbocycles. The van der Waals surface area contributed by atoms with E-state index in [4.69, 9.17) is 0 Å². The van der Waals surface area contributed by atoms with Crippen molar-refractivity contribution in [3.05, 3.63) is 21.2 Å². The van der Waals surface area contributed by atoms with Gasteiger partial charge in [-0.05, 0) is 41.7 Å². The SMILES string of the molecule is CCCN(c1nc[nH]c(=O)c1Br)C1CCCNC1. The van der Waals surface area contributed by atoms with Crippen molar-refractivity contribution >= 4 is 21.7 Å². The van der Waals surface area contributed by atoms with Gasteiger partial charge in [0.15, 0.2) is 5.82 Å². The maximum Gasteiger partial charge on any atom is 0.267 e. The van der Waals surface area contributed by atoms with Crippen LogP contribution in [0.1, 0.15) is 26.2 Å². The molecule has 0 spiro atoms. The molecule has 2 rings (SSSR count). The van der Waals surface area contributed by atoms with Crippen LogP contribution >= 0.6 is 15.9 Å². The number of rotatable bonds is 4. The zero-order chi connectivity index (χ0) is 13.0. The Balaban J connectivity index is 2.28. The molecule has 1 saturated heterocycles. The number of anilines is 1. The van der Waals surface area contributed by atoms with Crippen LogP contribution in [0.2, 0.25) is 0 Å². The molecule has 1 fully saturated rings. The Morgan fingerprint density at radius 2 is 2.44 bits per heavy atom. The molecule has 0 saturated carbocycles. The van der Waals surface area contributed by atoms with Gasteiger partial charge in [-0.25, -0.2) is 4.98 Å². The molecule has 1 aliphatic rings. The molecule has 5 nitrogen and oxygen atoms in total. The van der Waals surface area contributed by atoms with E-state index in [0.29, 0.717) is 10.5 Å². The summed E-state index contributed by atoms with van der Waals surface area (Å²) in [7, 11) is 0. The molecule has 1 atom stereocenters. The lowest BCUT2D eigenvalue weighted by molar-refractivity contribution is 0.428. The summed E-state index contributed by atoms with van der Waals surface area (Å²) in [4.78, 5) is 20.8. The van der Waals surface area contributed by atoms with Gasteiger partial charge in [-0.3, -0.25) is 4.79 Å². The first-order valence-electron chi connectivity index (χ1n) is 6.44. The van der Waals surface area contributed by atoms with E-state index < -0.39 is 0 Å². The lowest BCUT2D eigenvalue weighted by Crippen LogP contribution is -2.47. The Kier molecular flexibility index (Phi) is 4.77.